The van der Waals surface area contributed by atoms with Crippen LogP contribution in [0.3, 0.4) is 0 Å². The molecule has 0 amide bonds. The molecule has 0 atom stereocenters. The van der Waals surface area contributed by atoms with Gasteiger partial charge in [-0.1, -0.05) is 12.2 Å². The number of rotatable bonds is 5. The van der Waals surface area contributed by atoms with Gasteiger partial charge in [-0.25, -0.2) is 4.39 Å². The number of alkyl halides is 1. The van der Waals surface area contributed by atoms with Crippen molar-refractivity contribution in [1.29, 1.82) is 0 Å². The molecule has 5 heteroatoms. The van der Waals surface area contributed by atoms with E-state index in [4.69, 9.17) is 0 Å². The lowest BCUT2D eigenvalue weighted by molar-refractivity contribution is 0.0939. The lowest BCUT2D eigenvalue weighted by Crippen LogP contribution is -2.48. The summed E-state index contributed by atoms with van der Waals surface area (Å²) >= 11 is 0. The summed E-state index contributed by atoms with van der Waals surface area (Å²) in [6, 6.07) is 1.42. The van der Waals surface area contributed by atoms with Crippen molar-refractivity contribution in [2.45, 2.75) is 45.2 Å². The van der Waals surface area contributed by atoms with Crippen LogP contribution >= 0.6 is 0 Å². The molecule has 3 rings (SSSR count). The molecule has 0 aliphatic carbocycles. The van der Waals surface area contributed by atoms with Gasteiger partial charge in [-0.3, -0.25) is 4.90 Å². The van der Waals surface area contributed by atoms with Crippen LogP contribution in [0.2, 0.25) is 0 Å². The SMILES string of the molecule is CC(C)N1CCC(N2CCCN(C3=CC=CCN3CCF)CC2)CC1. The van der Waals surface area contributed by atoms with Crippen LogP contribution in [0.15, 0.2) is 24.0 Å². The van der Waals surface area contributed by atoms with E-state index in [1.165, 1.54) is 44.7 Å². The van der Waals surface area contributed by atoms with Gasteiger partial charge in [0.25, 0.3) is 0 Å². The Labute approximate surface area is 152 Å². The van der Waals surface area contributed by atoms with Gasteiger partial charge in [-0.15, -0.1) is 0 Å². The first-order valence-corrected chi connectivity index (χ1v) is 10.1. The average molecular weight is 351 g/mol. The molecule has 3 aliphatic heterocycles. The molecule has 3 heterocycles. The van der Waals surface area contributed by atoms with Crippen molar-refractivity contribution in [3.8, 4) is 0 Å². The van der Waals surface area contributed by atoms with Gasteiger partial charge in [0.2, 0.25) is 0 Å². The van der Waals surface area contributed by atoms with E-state index >= 15 is 0 Å². The molecule has 4 nitrogen and oxygen atoms in total. The summed E-state index contributed by atoms with van der Waals surface area (Å²) in [5.41, 5.74) is 0. The first kappa shape index (κ1) is 18.7. The third-order valence-corrected chi connectivity index (χ3v) is 5.99. The molecule has 0 unspecified atom stereocenters. The lowest BCUT2D eigenvalue weighted by Gasteiger charge is -2.40. The van der Waals surface area contributed by atoms with Gasteiger partial charge in [0.1, 0.15) is 12.5 Å². The smallest absolute Gasteiger partial charge is 0.107 e. The molecular formula is C20H35FN4. The van der Waals surface area contributed by atoms with Crippen molar-refractivity contribution >= 4 is 0 Å². The summed E-state index contributed by atoms with van der Waals surface area (Å²) < 4.78 is 12.9. The minimum Gasteiger partial charge on any atom is -0.357 e. The zero-order valence-electron chi connectivity index (χ0n) is 16.0. The van der Waals surface area contributed by atoms with E-state index in [0.717, 1.165) is 32.2 Å². The van der Waals surface area contributed by atoms with Crippen LogP contribution in [-0.4, -0.2) is 90.7 Å². The van der Waals surface area contributed by atoms with Gasteiger partial charge in [-0.05, 0) is 52.3 Å². The molecule has 0 radical (unpaired) electrons. The van der Waals surface area contributed by atoms with Crippen molar-refractivity contribution in [3.63, 3.8) is 0 Å². The van der Waals surface area contributed by atoms with Crippen molar-refractivity contribution in [2.24, 2.45) is 0 Å². The summed E-state index contributed by atoms with van der Waals surface area (Å²) in [5.74, 6) is 1.22. The number of piperidine rings is 1. The molecule has 0 aromatic rings. The molecular weight excluding hydrogens is 315 g/mol. The number of nitrogens with zero attached hydrogens (tertiary/aromatic N) is 4. The molecule has 0 aromatic heterocycles. The zero-order valence-corrected chi connectivity index (χ0v) is 16.0. The number of hydrogen-bond donors (Lipinski definition) is 0. The minimum absolute atomic E-state index is 0.278. The van der Waals surface area contributed by atoms with Gasteiger partial charge in [0.05, 0.1) is 0 Å². The maximum atomic E-state index is 12.9. The van der Waals surface area contributed by atoms with Gasteiger partial charge >= 0.3 is 0 Å². The molecule has 0 aromatic carbocycles. The van der Waals surface area contributed by atoms with Crippen LogP contribution in [-0.2, 0) is 0 Å². The second-order valence-electron chi connectivity index (χ2n) is 7.83. The van der Waals surface area contributed by atoms with Crippen LogP contribution in [0.25, 0.3) is 0 Å². The number of hydrogen-bond acceptors (Lipinski definition) is 4. The number of likely N-dealkylation sites (tertiary alicyclic amines) is 1. The third-order valence-electron chi connectivity index (χ3n) is 5.99. The van der Waals surface area contributed by atoms with Crippen LogP contribution < -0.4 is 0 Å². The largest absolute Gasteiger partial charge is 0.357 e. The van der Waals surface area contributed by atoms with E-state index in [1.807, 2.05) is 0 Å². The highest BCUT2D eigenvalue weighted by Crippen LogP contribution is 2.22. The summed E-state index contributed by atoms with van der Waals surface area (Å²) in [5, 5.41) is 0. The zero-order chi connectivity index (χ0) is 17.6. The minimum atomic E-state index is -0.278. The number of allylic oxidation sites excluding steroid dienone is 2. The van der Waals surface area contributed by atoms with Crippen LogP contribution in [0.1, 0.15) is 33.1 Å². The first-order valence-electron chi connectivity index (χ1n) is 10.1. The van der Waals surface area contributed by atoms with Gasteiger partial charge < -0.3 is 14.7 Å². The molecule has 142 valence electrons. The molecule has 0 N–H and O–H groups in total. The van der Waals surface area contributed by atoms with E-state index in [1.54, 1.807) is 0 Å². The fraction of sp³-hybridized carbons (Fsp3) is 0.800. The van der Waals surface area contributed by atoms with Gasteiger partial charge in [0.15, 0.2) is 0 Å². The second kappa shape index (κ2) is 9.04. The average Bonchev–Trinajstić information content (AvgIpc) is 2.89. The van der Waals surface area contributed by atoms with Gasteiger partial charge in [0, 0.05) is 51.4 Å². The monoisotopic (exact) mass is 350 g/mol. The third kappa shape index (κ3) is 4.76. The van der Waals surface area contributed by atoms with Crippen molar-refractivity contribution in [3.05, 3.63) is 24.0 Å². The Balaban J connectivity index is 1.54. The van der Waals surface area contributed by atoms with Gasteiger partial charge in [-0.2, -0.15) is 0 Å². The van der Waals surface area contributed by atoms with Crippen molar-refractivity contribution < 1.29 is 4.39 Å². The summed E-state index contributed by atoms with van der Waals surface area (Å²) in [7, 11) is 0. The van der Waals surface area contributed by atoms with E-state index in [2.05, 4.69) is 51.7 Å². The Hall–Kier alpha value is -1.07. The fourth-order valence-corrected chi connectivity index (χ4v) is 4.45. The Morgan fingerprint density at radius 3 is 2.60 bits per heavy atom. The van der Waals surface area contributed by atoms with Crippen molar-refractivity contribution in [2.75, 3.05) is 59.0 Å². The molecule has 0 spiro atoms. The van der Waals surface area contributed by atoms with Crippen LogP contribution in [0, 0.1) is 0 Å². The maximum absolute atomic E-state index is 12.9. The normalized spacial score (nSPS) is 24.7. The molecule has 2 saturated heterocycles. The molecule has 2 fully saturated rings. The van der Waals surface area contributed by atoms with Crippen molar-refractivity contribution in [1.82, 2.24) is 19.6 Å². The quantitative estimate of drug-likeness (QED) is 0.755. The standard InChI is InChI=1S/C20H35FN4/c1-18(2)22-13-7-19(8-14-22)23-11-5-12-25(17-16-23)20-6-3-4-10-24(20)15-9-21/h3-4,6,18-19H,5,7-17H2,1-2H3. The summed E-state index contributed by atoms with van der Waals surface area (Å²) in [4.78, 5) is 9.98. The predicted molar refractivity (Wildman–Crippen MR) is 102 cm³/mol. The van der Waals surface area contributed by atoms with E-state index in [-0.39, 0.29) is 6.67 Å². The molecule has 25 heavy (non-hydrogen) atoms. The highest BCUT2D eigenvalue weighted by atomic mass is 19.1. The predicted octanol–water partition coefficient (Wildman–Crippen LogP) is 2.55. The van der Waals surface area contributed by atoms with E-state index in [9.17, 15) is 4.39 Å². The Kier molecular flexibility index (Phi) is 6.77. The Morgan fingerprint density at radius 2 is 1.88 bits per heavy atom. The number of halogens is 1. The summed E-state index contributed by atoms with van der Waals surface area (Å²) in [6.45, 7) is 12.6. The first-order chi connectivity index (χ1) is 12.2. The molecule has 3 aliphatic rings. The highest BCUT2D eigenvalue weighted by molar-refractivity contribution is 5.17. The molecule has 0 saturated carbocycles. The fourth-order valence-electron chi connectivity index (χ4n) is 4.45. The van der Waals surface area contributed by atoms with E-state index < -0.39 is 0 Å². The Morgan fingerprint density at radius 1 is 1.08 bits per heavy atom. The lowest BCUT2D eigenvalue weighted by atomic mass is 10.0. The van der Waals surface area contributed by atoms with Crippen LogP contribution in [0.5, 0.6) is 0 Å². The highest BCUT2D eigenvalue weighted by Gasteiger charge is 2.28. The maximum Gasteiger partial charge on any atom is 0.107 e. The van der Waals surface area contributed by atoms with E-state index in [0.29, 0.717) is 12.6 Å². The molecule has 0 bridgehead atoms. The van der Waals surface area contributed by atoms with Crippen LogP contribution in [0.4, 0.5) is 4.39 Å². The Bertz CT molecular complexity index is 468. The summed E-state index contributed by atoms with van der Waals surface area (Å²) in [6.07, 6.45) is 10.2. The second-order valence-corrected chi connectivity index (χ2v) is 7.83. The topological polar surface area (TPSA) is 13.0 Å².